The largest absolute Gasteiger partial charge is 0.383 e. The summed E-state index contributed by atoms with van der Waals surface area (Å²) in [6.07, 6.45) is 0.259. The zero-order valence-corrected chi connectivity index (χ0v) is 18.5. The highest BCUT2D eigenvalue weighted by molar-refractivity contribution is 9.08. The molecule has 1 aliphatic rings. The van der Waals surface area contributed by atoms with Crippen molar-refractivity contribution in [3.8, 4) is 0 Å². The Labute approximate surface area is 190 Å². The van der Waals surface area contributed by atoms with Gasteiger partial charge in [-0.1, -0.05) is 22.0 Å². The van der Waals surface area contributed by atoms with E-state index in [-0.39, 0.29) is 39.7 Å². The fraction of sp³-hybridized carbons (Fsp3) is 0.238. The fourth-order valence-corrected chi connectivity index (χ4v) is 4.15. The Morgan fingerprint density at radius 2 is 2.16 bits per heavy atom. The maximum absolute atomic E-state index is 13.4. The molecule has 1 aliphatic heterocycles. The summed E-state index contributed by atoms with van der Waals surface area (Å²) in [6.45, 7) is 2.17. The number of benzene rings is 1. The number of aromatic nitrogens is 3. The third kappa shape index (κ3) is 3.83. The number of alkyl halides is 3. The molecule has 3 N–H and O–H groups in total. The van der Waals surface area contributed by atoms with Crippen LogP contribution in [0.25, 0.3) is 0 Å². The SMILES string of the molecule is C[C@H]1CN(c2ccc(C(F)F)c(CBr)c2)C(=O)c2c(NC(=O)c3cccnc3N)cnn21. The first-order valence-corrected chi connectivity index (χ1v) is 10.8. The van der Waals surface area contributed by atoms with Crippen molar-refractivity contribution in [1.29, 1.82) is 0 Å². The number of anilines is 3. The molecule has 8 nitrogen and oxygen atoms in total. The minimum Gasteiger partial charge on any atom is -0.383 e. The molecule has 1 atom stereocenters. The lowest BCUT2D eigenvalue weighted by Gasteiger charge is -2.32. The Hall–Kier alpha value is -3.34. The summed E-state index contributed by atoms with van der Waals surface area (Å²) in [7, 11) is 0. The first-order valence-electron chi connectivity index (χ1n) is 9.70. The molecule has 4 rings (SSSR count). The van der Waals surface area contributed by atoms with Gasteiger partial charge in [-0.2, -0.15) is 5.10 Å². The van der Waals surface area contributed by atoms with Gasteiger partial charge in [-0.25, -0.2) is 13.8 Å². The van der Waals surface area contributed by atoms with Crippen molar-refractivity contribution in [1.82, 2.24) is 14.8 Å². The second-order valence-corrected chi connectivity index (χ2v) is 7.88. The molecule has 2 amide bonds. The van der Waals surface area contributed by atoms with Crippen LogP contribution in [0.3, 0.4) is 0 Å². The third-order valence-electron chi connectivity index (χ3n) is 5.26. The maximum atomic E-state index is 13.4. The van der Waals surface area contributed by atoms with E-state index < -0.39 is 18.2 Å². The highest BCUT2D eigenvalue weighted by atomic mass is 79.9. The van der Waals surface area contributed by atoms with E-state index in [1.165, 1.54) is 35.5 Å². The number of nitrogen functional groups attached to an aromatic ring is 1. The van der Waals surface area contributed by atoms with Crippen molar-refractivity contribution < 1.29 is 18.4 Å². The molecule has 0 saturated heterocycles. The lowest BCUT2D eigenvalue weighted by molar-refractivity contribution is 0.0954. The van der Waals surface area contributed by atoms with Crippen LogP contribution in [0.5, 0.6) is 0 Å². The number of amides is 2. The van der Waals surface area contributed by atoms with Crippen molar-refractivity contribution in [2.24, 2.45) is 0 Å². The minimum atomic E-state index is -2.62. The first-order chi connectivity index (χ1) is 15.3. The number of nitrogens with zero attached hydrogens (tertiary/aromatic N) is 4. The molecule has 1 aromatic carbocycles. The summed E-state index contributed by atoms with van der Waals surface area (Å²) in [5.41, 5.74) is 7.16. The van der Waals surface area contributed by atoms with Crippen molar-refractivity contribution in [2.45, 2.75) is 24.7 Å². The summed E-state index contributed by atoms with van der Waals surface area (Å²) in [5.74, 6) is -0.860. The van der Waals surface area contributed by atoms with Gasteiger partial charge in [0.1, 0.15) is 5.82 Å². The fourth-order valence-electron chi connectivity index (χ4n) is 3.66. The Balaban J connectivity index is 1.68. The van der Waals surface area contributed by atoms with Crippen LogP contribution >= 0.6 is 15.9 Å². The molecule has 166 valence electrons. The normalized spacial score (nSPS) is 15.7. The van der Waals surface area contributed by atoms with Gasteiger partial charge in [-0.15, -0.1) is 0 Å². The van der Waals surface area contributed by atoms with E-state index >= 15 is 0 Å². The molecular formula is C21H19BrF2N6O2. The number of rotatable bonds is 5. The molecule has 32 heavy (non-hydrogen) atoms. The topological polar surface area (TPSA) is 106 Å². The monoisotopic (exact) mass is 504 g/mol. The van der Waals surface area contributed by atoms with E-state index in [0.717, 1.165) is 0 Å². The molecular weight excluding hydrogens is 486 g/mol. The van der Waals surface area contributed by atoms with E-state index in [2.05, 4.69) is 31.3 Å². The van der Waals surface area contributed by atoms with Crippen LogP contribution in [-0.2, 0) is 5.33 Å². The zero-order valence-electron chi connectivity index (χ0n) is 16.9. The summed E-state index contributed by atoms with van der Waals surface area (Å²) in [4.78, 5) is 31.4. The quantitative estimate of drug-likeness (QED) is 0.507. The van der Waals surface area contributed by atoms with Crippen LogP contribution in [0, 0.1) is 0 Å². The Kier molecular flexibility index (Phi) is 5.92. The highest BCUT2D eigenvalue weighted by Crippen LogP contribution is 2.33. The van der Waals surface area contributed by atoms with Gasteiger partial charge < -0.3 is 16.0 Å². The first kappa shape index (κ1) is 21.9. The molecule has 0 bridgehead atoms. The highest BCUT2D eigenvalue weighted by Gasteiger charge is 2.34. The van der Waals surface area contributed by atoms with Crippen LogP contribution in [-0.4, -0.2) is 33.1 Å². The molecule has 3 aromatic rings. The van der Waals surface area contributed by atoms with Crippen LogP contribution in [0.1, 0.15) is 51.4 Å². The smallest absolute Gasteiger partial charge is 0.278 e. The van der Waals surface area contributed by atoms with E-state index in [1.54, 1.807) is 16.8 Å². The van der Waals surface area contributed by atoms with Gasteiger partial charge in [-0.05, 0) is 36.8 Å². The van der Waals surface area contributed by atoms with Gasteiger partial charge >= 0.3 is 0 Å². The summed E-state index contributed by atoms with van der Waals surface area (Å²) in [6, 6.07) is 7.29. The predicted molar refractivity (Wildman–Crippen MR) is 119 cm³/mol. The number of nitrogens with two attached hydrogens (primary N) is 1. The van der Waals surface area contributed by atoms with Crippen LogP contribution in [0.2, 0.25) is 0 Å². The van der Waals surface area contributed by atoms with Crippen molar-refractivity contribution >= 4 is 44.9 Å². The molecule has 3 heterocycles. The van der Waals surface area contributed by atoms with Gasteiger partial charge in [0, 0.05) is 29.3 Å². The molecule has 0 radical (unpaired) electrons. The molecule has 0 unspecified atom stereocenters. The number of carbonyl (C=O) groups excluding carboxylic acids is 2. The standard InChI is InChI=1S/C21H19BrF2N6O2/c1-11-10-29(13-4-5-14(18(23)24)12(7-13)8-22)21(32)17-16(9-27-30(11)17)28-20(31)15-3-2-6-26-19(15)25/h2-7,9,11,18H,8,10H2,1H3,(H2,25,26)(H,28,31)/t11-/m0/s1. The van der Waals surface area contributed by atoms with E-state index in [4.69, 9.17) is 5.73 Å². The van der Waals surface area contributed by atoms with E-state index in [0.29, 0.717) is 17.8 Å². The van der Waals surface area contributed by atoms with Crippen LogP contribution in [0.15, 0.2) is 42.7 Å². The number of pyridine rings is 1. The average Bonchev–Trinajstić information content (AvgIpc) is 3.20. The van der Waals surface area contributed by atoms with Gasteiger partial charge in [0.15, 0.2) is 5.69 Å². The van der Waals surface area contributed by atoms with Crippen molar-refractivity contribution in [2.75, 3.05) is 22.5 Å². The van der Waals surface area contributed by atoms with Gasteiger partial charge in [0.05, 0.1) is 23.5 Å². The van der Waals surface area contributed by atoms with Gasteiger partial charge in [0.2, 0.25) is 0 Å². The predicted octanol–water partition coefficient (Wildman–Crippen LogP) is 4.17. The van der Waals surface area contributed by atoms with Crippen LogP contribution in [0.4, 0.5) is 26.0 Å². The lowest BCUT2D eigenvalue weighted by Crippen LogP contribution is -2.43. The van der Waals surface area contributed by atoms with Crippen molar-refractivity contribution in [3.05, 3.63) is 65.1 Å². The van der Waals surface area contributed by atoms with Crippen molar-refractivity contribution in [3.63, 3.8) is 0 Å². The number of hydrogen-bond acceptors (Lipinski definition) is 5. The molecule has 0 aliphatic carbocycles. The maximum Gasteiger partial charge on any atom is 0.278 e. The number of carbonyl (C=O) groups is 2. The molecule has 11 heteroatoms. The molecule has 0 saturated carbocycles. The number of hydrogen-bond donors (Lipinski definition) is 2. The number of nitrogens with one attached hydrogen (secondary N) is 1. The summed E-state index contributed by atoms with van der Waals surface area (Å²) in [5, 5.41) is 7.16. The molecule has 0 spiro atoms. The molecule has 2 aromatic heterocycles. The Morgan fingerprint density at radius 3 is 2.84 bits per heavy atom. The third-order valence-corrected chi connectivity index (χ3v) is 5.86. The lowest BCUT2D eigenvalue weighted by atomic mass is 10.1. The zero-order chi connectivity index (χ0) is 23.0. The summed E-state index contributed by atoms with van der Waals surface area (Å²) < 4.78 is 28.1. The Morgan fingerprint density at radius 1 is 1.38 bits per heavy atom. The van der Waals surface area contributed by atoms with Gasteiger partial charge in [0.25, 0.3) is 18.2 Å². The number of halogens is 3. The summed E-state index contributed by atoms with van der Waals surface area (Å²) >= 11 is 3.23. The average molecular weight is 505 g/mol. The van der Waals surface area contributed by atoms with E-state index in [1.807, 2.05) is 6.92 Å². The minimum absolute atomic E-state index is 0.0637. The molecule has 0 fully saturated rings. The van der Waals surface area contributed by atoms with Crippen LogP contribution < -0.4 is 16.0 Å². The Bertz CT molecular complexity index is 1200. The number of fused-ring (bicyclic) bond motifs is 1. The van der Waals surface area contributed by atoms with Gasteiger partial charge in [-0.3, -0.25) is 14.3 Å². The van der Waals surface area contributed by atoms with E-state index in [9.17, 15) is 18.4 Å². The second-order valence-electron chi connectivity index (χ2n) is 7.32. The second kappa shape index (κ2) is 8.65.